The first-order valence-electron chi connectivity index (χ1n) is 19.8. The maximum absolute atomic E-state index is 3.93. The Labute approximate surface area is 278 Å². The van der Waals surface area contributed by atoms with Gasteiger partial charge in [-0.15, -0.1) is 0 Å². The molecule has 44 heavy (non-hydrogen) atoms. The van der Waals surface area contributed by atoms with Gasteiger partial charge in [0.15, 0.2) is 0 Å². The van der Waals surface area contributed by atoms with E-state index in [9.17, 15) is 0 Å². The van der Waals surface area contributed by atoms with Crippen LogP contribution in [-0.2, 0) is 0 Å². The van der Waals surface area contributed by atoms with Crippen molar-refractivity contribution in [1.29, 1.82) is 0 Å². The van der Waals surface area contributed by atoms with Crippen LogP contribution in [-0.4, -0.2) is 26.2 Å². The van der Waals surface area contributed by atoms with Gasteiger partial charge in [0.05, 0.1) is 0 Å². The molecular formula is C42H80N2. The van der Waals surface area contributed by atoms with E-state index in [4.69, 9.17) is 0 Å². The minimum absolute atomic E-state index is 0.737. The van der Waals surface area contributed by atoms with Gasteiger partial charge in [-0.05, 0) is 110 Å². The van der Waals surface area contributed by atoms with Crippen molar-refractivity contribution >= 4 is 0 Å². The molecule has 2 nitrogen and oxygen atoms in total. The van der Waals surface area contributed by atoms with E-state index in [2.05, 4.69) is 80.1 Å². The summed E-state index contributed by atoms with van der Waals surface area (Å²) in [6.45, 7) is 6.88. The van der Waals surface area contributed by atoms with E-state index in [1.54, 1.807) is 0 Å². The Morgan fingerprint density at radius 3 is 1.16 bits per heavy atom. The molecule has 0 unspecified atom stereocenters. The summed E-state index contributed by atoms with van der Waals surface area (Å²) >= 11 is 0. The van der Waals surface area contributed by atoms with Gasteiger partial charge in [-0.1, -0.05) is 152 Å². The summed E-state index contributed by atoms with van der Waals surface area (Å²) in [6.07, 6.45) is 56.4. The van der Waals surface area contributed by atoms with Crippen molar-refractivity contribution in [1.82, 2.24) is 10.6 Å². The third-order valence-electron chi connectivity index (χ3n) is 8.79. The quantitative estimate of drug-likeness (QED) is 0.0543. The van der Waals surface area contributed by atoms with Crippen LogP contribution in [0.1, 0.15) is 194 Å². The number of unbranched alkanes of at least 4 members (excludes halogenated alkanes) is 19. The van der Waals surface area contributed by atoms with Crippen LogP contribution in [0.15, 0.2) is 48.6 Å². The number of nitrogens with one attached hydrogen (secondary N) is 2. The molecule has 0 rings (SSSR count). The average molecular weight is 613 g/mol. The molecule has 2 N–H and O–H groups in total. The standard InChI is InChI=1S/C42H80N2/c1-4-6-8-10-12-14-16-18-20-22-24-26-28-30-32-34-38-42(44-41-37-36-40-43-3)39-35-33-31-29-27-25-23-21-19-17-15-13-11-9-7-5-2/h12-15,18-21,42-44H,4-11,16-17,22-41H2,1-3H3/b14-12-,15-13-,20-18-,21-19-. The minimum atomic E-state index is 0.737. The van der Waals surface area contributed by atoms with Gasteiger partial charge in [-0.3, -0.25) is 0 Å². The third kappa shape index (κ3) is 37.1. The fraction of sp³-hybridized carbons (Fsp3) is 0.810. The summed E-state index contributed by atoms with van der Waals surface area (Å²) in [5, 5.41) is 7.22. The Morgan fingerprint density at radius 2 is 0.750 bits per heavy atom. The summed E-state index contributed by atoms with van der Waals surface area (Å²) in [4.78, 5) is 0. The molecule has 0 amide bonds. The van der Waals surface area contributed by atoms with E-state index in [-0.39, 0.29) is 0 Å². The van der Waals surface area contributed by atoms with Crippen molar-refractivity contribution < 1.29 is 0 Å². The molecule has 0 radical (unpaired) electrons. The smallest absolute Gasteiger partial charge is 0.00670 e. The first kappa shape index (κ1) is 42.9. The molecule has 2 heteroatoms. The molecule has 0 aromatic carbocycles. The van der Waals surface area contributed by atoms with E-state index in [1.807, 2.05) is 0 Å². The van der Waals surface area contributed by atoms with Crippen LogP contribution < -0.4 is 10.6 Å². The highest BCUT2D eigenvalue weighted by Crippen LogP contribution is 2.15. The molecule has 0 aliphatic rings. The molecule has 0 aromatic rings. The average Bonchev–Trinajstić information content (AvgIpc) is 3.03. The van der Waals surface area contributed by atoms with Crippen molar-refractivity contribution in [3.05, 3.63) is 48.6 Å². The zero-order chi connectivity index (χ0) is 31.9. The molecule has 0 saturated heterocycles. The maximum atomic E-state index is 3.93. The Hall–Kier alpha value is -1.12. The molecule has 0 aromatic heterocycles. The van der Waals surface area contributed by atoms with Crippen LogP contribution in [0.3, 0.4) is 0 Å². The lowest BCUT2D eigenvalue weighted by atomic mass is 9.99. The number of hydrogen-bond donors (Lipinski definition) is 2. The highest BCUT2D eigenvalue weighted by Gasteiger charge is 2.07. The van der Waals surface area contributed by atoms with Crippen molar-refractivity contribution in [2.75, 3.05) is 20.1 Å². The second kappa shape index (κ2) is 39.9. The lowest BCUT2D eigenvalue weighted by molar-refractivity contribution is 0.407. The second-order valence-electron chi connectivity index (χ2n) is 13.2. The molecule has 0 aliphatic heterocycles. The van der Waals surface area contributed by atoms with E-state index >= 15 is 0 Å². The van der Waals surface area contributed by atoms with E-state index in [1.165, 1.54) is 173 Å². The molecule has 0 bridgehead atoms. The first-order chi connectivity index (χ1) is 21.8. The fourth-order valence-corrected chi connectivity index (χ4v) is 5.84. The Morgan fingerprint density at radius 1 is 0.386 bits per heavy atom. The van der Waals surface area contributed by atoms with Gasteiger partial charge in [0, 0.05) is 6.04 Å². The van der Waals surface area contributed by atoms with Crippen LogP contribution in [0.5, 0.6) is 0 Å². The summed E-state index contributed by atoms with van der Waals surface area (Å²) in [5.41, 5.74) is 0. The van der Waals surface area contributed by atoms with Crippen molar-refractivity contribution in [3.8, 4) is 0 Å². The van der Waals surface area contributed by atoms with Crippen LogP contribution >= 0.6 is 0 Å². The Kier molecular flexibility index (Phi) is 38.9. The lowest BCUT2D eigenvalue weighted by Gasteiger charge is -2.19. The zero-order valence-electron chi connectivity index (χ0n) is 30.4. The monoisotopic (exact) mass is 613 g/mol. The van der Waals surface area contributed by atoms with Gasteiger partial charge in [0.25, 0.3) is 0 Å². The normalized spacial score (nSPS) is 12.5. The molecule has 258 valence electrons. The first-order valence-corrected chi connectivity index (χ1v) is 19.8. The second-order valence-corrected chi connectivity index (χ2v) is 13.2. The predicted octanol–water partition coefficient (Wildman–Crippen LogP) is 13.4. The predicted molar refractivity (Wildman–Crippen MR) is 203 cm³/mol. The van der Waals surface area contributed by atoms with Gasteiger partial charge in [0.2, 0.25) is 0 Å². The summed E-state index contributed by atoms with van der Waals surface area (Å²) in [6, 6.07) is 0.737. The molecule has 0 saturated carbocycles. The molecule has 0 aliphatic carbocycles. The Bertz CT molecular complexity index is 584. The topological polar surface area (TPSA) is 24.1 Å². The van der Waals surface area contributed by atoms with Gasteiger partial charge in [-0.2, -0.15) is 0 Å². The van der Waals surface area contributed by atoms with Gasteiger partial charge >= 0.3 is 0 Å². The van der Waals surface area contributed by atoms with Crippen LogP contribution in [0.2, 0.25) is 0 Å². The summed E-state index contributed by atoms with van der Waals surface area (Å²) < 4.78 is 0. The lowest BCUT2D eigenvalue weighted by Crippen LogP contribution is -2.30. The highest BCUT2D eigenvalue weighted by molar-refractivity contribution is 4.93. The number of rotatable bonds is 36. The minimum Gasteiger partial charge on any atom is -0.320 e. The van der Waals surface area contributed by atoms with E-state index < -0.39 is 0 Å². The van der Waals surface area contributed by atoms with Crippen molar-refractivity contribution in [3.63, 3.8) is 0 Å². The SMILES string of the molecule is CCCCC/C=C\C/C=C\CCCCCCCCC(CCCCCCCC/C=C\C/C=C\CCCCC)NCCCCNC. The van der Waals surface area contributed by atoms with Crippen LogP contribution in [0.4, 0.5) is 0 Å². The van der Waals surface area contributed by atoms with Gasteiger partial charge in [0.1, 0.15) is 0 Å². The van der Waals surface area contributed by atoms with Gasteiger partial charge < -0.3 is 10.6 Å². The number of hydrogen-bond acceptors (Lipinski definition) is 2. The summed E-state index contributed by atoms with van der Waals surface area (Å²) in [5.74, 6) is 0. The van der Waals surface area contributed by atoms with E-state index in [0.29, 0.717) is 0 Å². The number of allylic oxidation sites excluding steroid dienone is 8. The largest absolute Gasteiger partial charge is 0.320 e. The maximum Gasteiger partial charge on any atom is 0.00670 e. The Balaban J connectivity index is 3.82. The molecule has 0 spiro atoms. The van der Waals surface area contributed by atoms with Crippen LogP contribution in [0, 0.1) is 0 Å². The van der Waals surface area contributed by atoms with Crippen LogP contribution in [0.25, 0.3) is 0 Å². The molecule has 0 atom stereocenters. The highest BCUT2D eigenvalue weighted by atomic mass is 14.9. The fourth-order valence-electron chi connectivity index (χ4n) is 5.84. The van der Waals surface area contributed by atoms with E-state index in [0.717, 1.165) is 25.4 Å². The van der Waals surface area contributed by atoms with Gasteiger partial charge in [-0.25, -0.2) is 0 Å². The zero-order valence-corrected chi connectivity index (χ0v) is 30.4. The van der Waals surface area contributed by atoms with Crippen molar-refractivity contribution in [2.45, 2.75) is 200 Å². The third-order valence-corrected chi connectivity index (χ3v) is 8.79. The summed E-state index contributed by atoms with van der Waals surface area (Å²) in [7, 11) is 2.06. The van der Waals surface area contributed by atoms with Crippen molar-refractivity contribution in [2.24, 2.45) is 0 Å². The molecule has 0 fully saturated rings. The molecule has 0 heterocycles. The molecular weight excluding hydrogens is 532 g/mol.